The lowest BCUT2D eigenvalue weighted by Crippen LogP contribution is -2.52. The second kappa shape index (κ2) is 7.21. The lowest BCUT2D eigenvalue weighted by molar-refractivity contribution is -0.148. The third-order valence-corrected chi connectivity index (χ3v) is 4.73. The maximum absolute atomic E-state index is 11.8. The topological polar surface area (TPSA) is 48.0 Å². The Kier molecular flexibility index (Phi) is 5.23. The van der Waals surface area contributed by atoms with Gasteiger partial charge in [0.2, 0.25) is 5.91 Å². The minimum absolute atomic E-state index is 0.0379. The van der Waals surface area contributed by atoms with Gasteiger partial charge in [-0.1, -0.05) is 30.3 Å². The van der Waals surface area contributed by atoms with Crippen molar-refractivity contribution >= 4 is 5.91 Å². The molecule has 3 rings (SSSR count). The van der Waals surface area contributed by atoms with Crippen LogP contribution in [0, 0.1) is 5.92 Å². The van der Waals surface area contributed by atoms with Crippen LogP contribution in [0.5, 0.6) is 0 Å². The van der Waals surface area contributed by atoms with Gasteiger partial charge in [0.1, 0.15) is 6.10 Å². The molecule has 5 heteroatoms. The minimum atomic E-state index is -0.578. The number of ether oxygens (including phenoxy) is 3. The second-order valence-electron chi connectivity index (χ2n) is 7.15. The Balaban J connectivity index is 1.55. The zero-order valence-corrected chi connectivity index (χ0v) is 14.7. The van der Waals surface area contributed by atoms with E-state index in [0.29, 0.717) is 26.3 Å². The van der Waals surface area contributed by atoms with Gasteiger partial charge in [0.15, 0.2) is 5.79 Å². The maximum Gasteiger partial charge on any atom is 0.219 e. The lowest BCUT2D eigenvalue weighted by atomic mass is 9.90. The van der Waals surface area contributed by atoms with Gasteiger partial charge in [-0.15, -0.1) is 0 Å². The molecular weight excluding hydrogens is 306 g/mol. The van der Waals surface area contributed by atoms with E-state index in [1.807, 2.05) is 36.9 Å². The summed E-state index contributed by atoms with van der Waals surface area (Å²) in [5, 5.41) is 0. The van der Waals surface area contributed by atoms with Crippen molar-refractivity contribution in [1.82, 2.24) is 4.90 Å². The van der Waals surface area contributed by atoms with Crippen molar-refractivity contribution in [2.45, 2.75) is 51.8 Å². The van der Waals surface area contributed by atoms with Gasteiger partial charge in [0.25, 0.3) is 0 Å². The highest BCUT2D eigenvalue weighted by molar-refractivity contribution is 5.73. The predicted octanol–water partition coefficient (Wildman–Crippen LogP) is 2.59. The summed E-state index contributed by atoms with van der Waals surface area (Å²) in [6.45, 7) is 8.08. The fraction of sp³-hybridized carbons (Fsp3) is 0.632. The van der Waals surface area contributed by atoms with E-state index in [1.54, 1.807) is 6.92 Å². The first-order chi connectivity index (χ1) is 11.4. The number of hydrogen-bond donors (Lipinski definition) is 0. The molecule has 1 amide bonds. The molecule has 3 atom stereocenters. The highest BCUT2D eigenvalue weighted by Gasteiger charge is 2.48. The van der Waals surface area contributed by atoms with Crippen LogP contribution in [0.1, 0.15) is 32.8 Å². The predicted molar refractivity (Wildman–Crippen MR) is 90.3 cm³/mol. The van der Waals surface area contributed by atoms with Crippen LogP contribution in [0.2, 0.25) is 0 Å². The van der Waals surface area contributed by atoms with Gasteiger partial charge in [-0.25, -0.2) is 0 Å². The van der Waals surface area contributed by atoms with Crippen molar-refractivity contribution in [1.29, 1.82) is 0 Å². The number of piperidine rings is 1. The molecule has 0 N–H and O–H groups in total. The number of likely N-dealkylation sites (tertiary alicyclic amines) is 1. The van der Waals surface area contributed by atoms with Gasteiger partial charge >= 0.3 is 0 Å². The maximum atomic E-state index is 11.8. The average molecular weight is 333 g/mol. The Morgan fingerprint density at radius 1 is 1.25 bits per heavy atom. The van der Waals surface area contributed by atoms with Crippen LogP contribution >= 0.6 is 0 Å². The zero-order valence-electron chi connectivity index (χ0n) is 14.7. The fourth-order valence-electron chi connectivity index (χ4n) is 3.59. The quantitative estimate of drug-likeness (QED) is 0.777. The molecule has 1 aromatic carbocycles. The molecule has 0 radical (unpaired) electrons. The second-order valence-corrected chi connectivity index (χ2v) is 7.15. The number of carbonyl (C=O) groups is 1. The van der Waals surface area contributed by atoms with Crippen molar-refractivity contribution < 1.29 is 19.0 Å². The molecule has 2 fully saturated rings. The first kappa shape index (κ1) is 17.4. The van der Waals surface area contributed by atoms with E-state index >= 15 is 0 Å². The normalized spacial score (nSPS) is 28.6. The first-order valence-corrected chi connectivity index (χ1v) is 8.67. The van der Waals surface area contributed by atoms with Crippen molar-refractivity contribution in [3.8, 4) is 0 Å². The van der Waals surface area contributed by atoms with Crippen LogP contribution in [0.4, 0.5) is 0 Å². The molecule has 24 heavy (non-hydrogen) atoms. The number of rotatable bonds is 5. The molecule has 0 saturated carbocycles. The van der Waals surface area contributed by atoms with Gasteiger partial charge in [-0.3, -0.25) is 4.79 Å². The smallest absolute Gasteiger partial charge is 0.219 e. The van der Waals surface area contributed by atoms with E-state index in [-0.39, 0.29) is 24.0 Å². The van der Waals surface area contributed by atoms with Gasteiger partial charge in [0, 0.05) is 32.5 Å². The number of fused-ring (bicyclic) bond motifs is 1. The summed E-state index contributed by atoms with van der Waals surface area (Å²) in [4.78, 5) is 13.7. The van der Waals surface area contributed by atoms with Crippen LogP contribution in [-0.4, -0.2) is 48.5 Å². The summed E-state index contributed by atoms with van der Waals surface area (Å²) >= 11 is 0. The Morgan fingerprint density at radius 2 is 2.00 bits per heavy atom. The van der Waals surface area contributed by atoms with E-state index in [2.05, 4.69) is 12.1 Å². The molecule has 0 unspecified atom stereocenters. The molecule has 2 aliphatic heterocycles. The molecule has 0 spiro atoms. The van der Waals surface area contributed by atoms with E-state index in [1.165, 1.54) is 5.56 Å². The first-order valence-electron chi connectivity index (χ1n) is 8.67. The highest BCUT2D eigenvalue weighted by Crippen LogP contribution is 2.37. The number of hydrogen-bond acceptors (Lipinski definition) is 4. The highest BCUT2D eigenvalue weighted by atomic mass is 16.8. The molecule has 2 aliphatic rings. The standard InChI is InChI=1S/C19H27NO4/c1-14(21)20-11-16(18-17(12-20)23-19(2,3)24-18)9-10-22-13-15-7-5-4-6-8-15/h4-8,16-18H,9-13H2,1-3H3/t16-,17-,18+/m1/s1. The molecule has 2 saturated heterocycles. The molecule has 0 bridgehead atoms. The Labute approximate surface area is 143 Å². The van der Waals surface area contributed by atoms with Gasteiger partial charge < -0.3 is 19.1 Å². The monoisotopic (exact) mass is 333 g/mol. The van der Waals surface area contributed by atoms with E-state index in [0.717, 1.165) is 6.42 Å². The number of benzene rings is 1. The largest absolute Gasteiger partial charge is 0.377 e. The van der Waals surface area contributed by atoms with Crippen molar-refractivity contribution in [3.05, 3.63) is 35.9 Å². The van der Waals surface area contributed by atoms with Crippen LogP contribution < -0.4 is 0 Å². The molecule has 1 aromatic rings. The van der Waals surface area contributed by atoms with Gasteiger partial charge in [-0.2, -0.15) is 0 Å². The van der Waals surface area contributed by atoms with Crippen LogP contribution in [0.3, 0.4) is 0 Å². The average Bonchev–Trinajstić information content (AvgIpc) is 2.86. The molecule has 2 heterocycles. The summed E-state index contributed by atoms with van der Waals surface area (Å²) in [7, 11) is 0. The lowest BCUT2D eigenvalue weighted by Gasteiger charge is -2.38. The summed E-state index contributed by atoms with van der Waals surface area (Å²) in [6.07, 6.45) is 0.852. The molecular formula is C19H27NO4. The number of carbonyl (C=O) groups excluding carboxylic acids is 1. The van der Waals surface area contributed by atoms with Gasteiger partial charge in [0.05, 0.1) is 12.7 Å². The molecule has 0 aliphatic carbocycles. The minimum Gasteiger partial charge on any atom is -0.377 e. The summed E-state index contributed by atoms with van der Waals surface area (Å²) < 4.78 is 17.9. The van der Waals surface area contributed by atoms with E-state index in [9.17, 15) is 4.79 Å². The fourth-order valence-corrected chi connectivity index (χ4v) is 3.59. The molecule has 0 aromatic heterocycles. The van der Waals surface area contributed by atoms with E-state index in [4.69, 9.17) is 14.2 Å². The van der Waals surface area contributed by atoms with Crippen LogP contribution in [0.25, 0.3) is 0 Å². The SMILES string of the molecule is CC(=O)N1C[C@@H](CCOCc2ccccc2)[C@@H]2OC(C)(C)O[C@@H]2C1. The van der Waals surface area contributed by atoms with Gasteiger partial charge in [-0.05, 0) is 25.8 Å². The Hall–Kier alpha value is -1.43. The van der Waals surface area contributed by atoms with E-state index < -0.39 is 5.79 Å². The molecule has 132 valence electrons. The molecule has 5 nitrogen and oxygen atoms in total. The number of amides is 1. The number of nitrogens with zero attached hydrogens (tertiary/aromatic N) is 1. The third-order valence-electron chi connectivity index (χ3n) is 4.73. The van der Waals surface area contributed by atoms with Crippen LogP contribution in [0.15, 0.2) is 30.3 Å². The van der Waals surface area contributed by atoms with Crippen molar-refractivity contribution in [3.63, 3.8) is 0 Å². The zero-order chi connectivity index (χ0) is 17.2. The van der Waals surface area contributed by atoms with Crippen LogP contribution in [-0.2, 0) is 25.6 Å². The van der Waals surface area contributed by atoms with Crippen molar-refractivity contribution in [2.24, 2.45) is 5.92 Å². The Bertz CT molecular complexity index is 560. The third kappa shape index (κ3) is 4.15. The summed E-state index contributed by atoms with van der Waals surface area (Å²) in [5.41, 5.74) is 1.17. The summed E-state index contributed by atoms with van der Waals surface area (Å²) in [6, 6.07) is 10.2. The Morgan fingerprint density at radius 3 is 2.71 bits per heavy atom. The van der Waals surface area contributed by atoms with Crippen molar-refractivity contribution in [2.75, 3.05) is 19.7 Å². The summed E-state index contributed by atoms with van der Waals surface area (Å²) in [5.74, 6) is -0.243.